The van der Waals surface area contributed by atoms with Crippen molar-refractivity contribution in [1.82, 2.24) is 4.98 Å². The van der Waals surface area contributed by atoms with Gasteiger partial charge in [-0.1, -0.05) is 0 Å². The van der Waals surface area contributed by atoms with Crippen LogP contribution >= 0.6 is 0 Å². The monoisotopic (exact) mass is 267 g/mol. The zero-order chi connectivity index (χ0) is 13.9. The van der Waals surface area contributed by atoms with Gasteiger partial charge in [-0.25, -0.2) is 0 Å². The van der Waals surface area contributed by atoms with E-state index < -0.39 is 0 Å². The topological polar surface area (TPSA) is 54.0 Å². The molecule has 0 unspecified atom stereocenters. The van der Waals surface area contributed by atoms with E-state index in [1.165, 1.54) is 16.7 Å². The number of amides is 1. The summed E-state index contributed by atoms with van der Waals surface area (Å²) < 4.78 is 0. The maximum absolute atomic E-state index is 11.3. The first-order valence-corrected chi connectivity index (χ1v) is 6.78. The molecule has 0 bridgehead atoms. The predicted octanol–water partition coefficient (Wildman–Crippen LogP) is 2.89. The van der Waals surface area contributed by atoms with Crippen LogP contribution in [-0.4, -0.2) is 10.9 Å². The summed E-state index contributed by atoms with van der Waals surface area (Å²) in [6, 6.07) is 8.08. The number of rotatable bonds is 3. The summed E-state index contributed by atoms with van der Waals surface area (Å²) in [4.78, 5) is 15.5. The zero-order valence-corrected chi connectivity index (χ0v) is 11.4. The molecule has 2 N–H and O–H groups in total. The maximum atomic E-state index is 11.3. The highest BCUT2D eigenvalue weighted by Gasteiger charge is 2.14. The SMILES string of the molecule is Cc1ccncc1CNc1ccc2c(c1)CCC(=O)N2. The van der Waals surface area contributed by atoms with Crippen LogP contribution in [0.3, 0.4) is 0 Å². The molecule has 20 heavy (non-hydrogen) atoms. The van der Waals surface area contributed by atoms with Crippen molar-refractivity contribution in [2.45, 2.75) is 26.3 Å². The third-order valence-electron chi connectivity index (χ3n) is 3.63. The van der Waals surface area contributed by atoms with Crippen molar-refractivity contribution in [2.24, 2.45) is 0 Å². The number of aryl methyl sites for hydroxylation is 2. The van der Waals surface area contributed by atoms with E-state index in [0.29, 0.717) is 6.42 Å². The lowest BCUT2D eigenvalue weighted by Gasteiger charge is -2.18. The Morgan fingerprint density at radius 1 is 1.30 bits per heavy atom. The second kappa shape index (κ2) is 5.33. The van der Waals surface area contributed by atoms with Crippen LogP contribution in [0.15, 0.2) is 36.7 Å². The van der Waals surface area contributed by atoms with Crippen LogP contribution in [-0.2, 0) is 17.8 Å². The van der Waals surface area contributed by atoms with Gasteiger partial charge >= 0.3 is 0 Å². The van der Waals surface area contributed by atoms with Crippen LogP contribution in [0.5, 0.6) is 0 Å². The van der Waals surface area contributed by atoms with Gasteiger partial charge in [0.25, 0.3) is 0 Å². The average molecular weight is 267 g/mol. The van der Waals surface area contributed by atoms with Crippen LogP contribution in [0.2, 0.25) is 0 Å². The van der Waals surface area contributed by atoms with Crippen molar-refractivity contribution < 1.29 is 4.79 Å². The Labute approximate surface area is 118 Å². The number of aromatic nitrogens is 1. The van der Waals surface area contributed by atoms with Crippen LogP contribution in [0, 0.1) is 6.92 Å². The lowest BCUT2D eigenvalue weighted by Crippen LogP contribution is -2.19. The minimum Gasteiger partial charge on any atom is -0.381 e. The lowest BCUT2D eigenvalue weighted by atomic mass is 10.0. The quantitative estimate of drug-likeness (QED) is 0.899. The first-order chi connectivity index (χ1) is 9.72. The summed E-state index contributed by atoms with van der Waals surface area (Å²) in [5, 5.41) is 6.30. The van der Waals surface area contributed by atoms with Gasteiger partial charge in [-0.3, -0.25) is 9.78 Å². The molecule has 1 aromatic heterocycles. The number of carbonyl (C=O) groups excluding carboxylic acids is 1. The largest absolute Gasteiger partial charge is 0.381 e. The fourth-order valence-electron chi connectivity index (χ4n) is 2.37. The van der Waals surface area contributed by atoms with E-state index in [4.69, 9.17) is 0 Å². The Kier molecular flexibility index (Phi) is 3.37. The Hall–Kier alpha value is -2.36. The third kappa shape index (κ3) is 2.64. The Balaban J connectivity index is 1.73. The van der Waals surface area contributed by atoms with Crippen LogP contribution in [0.1, 0.15) is 23.1 Å². The number of hydrogen-bond donors (Lipinski definition) is 2. The second-order valence-electron chi connectivity index (χ2n) is 5.08. The fraction of sp³-hybridized carbons (Fsp3) is 0.250. The van der Waals surface area contributed by atoms with E-state index in [1.807, 2.05) is 24.4 Å². The van der Waals surface area contributed by atoms with Crippen molar-refractivity contribution >= 4 is 17.3 Å². The molecule has 2 aromatic rings. The van der Waals surface area contributed by atoms with Gasteiger partial charge in [0.1, 0.15) is 0 Å². The summed E-state index contributed by atoms with van der Waals surface area (Å²) in [5.74, 6) is 0.101. The standard InChI is InChI=1S/C16H17N3O/c1-11-6-7-17-9-13(11)10-18-14-3-4-15-12(8-14)2-5-16(20)19-15/h3-4,6-9,18H,2,5,10H2,1H3,(H,19,20). The predicted molar refractivity (Wildman–Crippen MR) is 79.7 cm³/mol. The summed E-state index contributed by atoms with van der Waals surface area (Å²) >= 11 is 0. The average Bonchev–Trinajstić information content (AvgIpc) is 2.46. The van der Waals surface area contributed by atoms with Crippen molar-refractivity contribution in [3.63, 3.8) is 0 Å². The summed E-state index contributed by atoms with van der Waals surface area (Å²) in [6.45, 7) is 2.84. The van der Waals surface area contributed by atoms with Gasteiger partial charge in [0.15, 0.2) is 0 Å². The molecule has 0 fully saturated rings. The number of fused-ring (bicyclic) bond motifs is 1. The lowest BCUT2D eigenvalue weighted by molar-refractivity contribution is -0.116. The Bertz CT molecular complexity index is 652. The van der Waals surface area contributed by atoms with E-state index in [1.54, 1.807) is 6.20 Å². The molecule has 2 heterocycles. The normalized spacial score (nSPS) is 13.6. The fourth-order valence-corrected chi connectivity index (χ4v) is 2.37. The molecule has 1 aliphatic heterocycles. The van der Waals surface area contributed by atoms with E-state index in [-0.39, 0.29) is 5.91 Å². The molecule has 4 heteroatoms. The van der Waals surface area contributed by atoms with Gasteiger partial charge in [-0.05, 0) is 54.3 Å². The molecule has 3 rings (SSSR count). The first-order valence-electron chi connectivity index (χ1n) is 6.78. The molecule has 1 aromatic carbocycles. The van der Waals surface area contributed by atoms with Gasteiger partial charge in [-0.2, -0.15) is 0 Å². The highest BCUT2D eigenvalue weighted by molar-refractivity contribution is 5.94. The number of benzene rings is 1. The van der Waals surface area contributed by atoms with Crippen LogP contribution in [0.25, 0.3) is 0 Å². The summed E-state index contributed by atoms with van der Waals surface area (Å²) in [7, 11) is 0. The number of nitrogens with zero attached hydrogens (tertiary/aromatic N) is 1. The van der Waals surface area contributed by atoms with Crippen LogP contribution in [0.4, 0.5) is 11.4 Å². The second-order valence-corrected chi connectivity index (χ2v) is 5.08. The molecule has 1 aliphatic rings. The van der Waals surface area contributed by atoms with Crippen molar-refractivity contribution in [2.75, 3.05) is 10.6 Å². The number of pyridine rings is 1. The third-order valence-corrected chi connectivity index (χ3v) is 3.63. The molecular weight excluding hydrogens is 250 g/mol. The van der Waals surface area contributed by atoms with E-state index in [2.05, 4.69) is 28.6 Å². The van der Waals surface area contributed by atoms with Gasteiger partial charge in [0.05, 0.1) is 0 Å². The summed E-state index contributed by atoms with van der Waals surface area (Å²) in [6.07, 6.45) is 5.07. The first kappa shape index (κ1) is 12.7. The van der Waals surface area contributed by atoms with Crippen LogP contribution < -0.4 is 10.6 Å². The van der Waals surface area contributed by atoms with Gasteiger partial charge < -0.3 is 10.6 Å². The smallest absolute Gasteiger partial charge is 0.224 e. The molecule has 0 aliphatic carbocycles. The van der Waals surface area contributed by atoms with Gasteiger partial charge in [0.2, 0.25) is 5.91 Å². The van der Waals surface area contributed by atoms with Gasteiger partial charge in [0, 0.05) is 36.7 Å². The number of carbonyl (C=O) groups is 1. The number of nitrogens with one attached hydrogen (secondary N) is 2. The molecule has 0 spiro atoms. The maximum Gasteiger partial charge on any atom is 0.224 e. The molecule has 1 amide bonds. The Morgan fingerprint density at radius 2 is 2.20 bits per heavy atom. The highest BCUT2D eigenvalue weighted by Crippen LogP contribution is 2.25. The van der Waals surface area contributed by atoms with E-state index in [0.717, 1.165) is 24.3 Å². The Morgan fingerprint density at radius 3 is 3.05 bits per heavy atom. The number of anilines is 2. The molecule has 0 atom stereocenters. The highest BCUT2D eigenvalue weighted by atomic mass is 16.1. The molecule has 102 valence electrons. The minimum atomic E-state index is 0.101. The zero-order valence-electron chi connectivity index (χ0n) is 11.4. The van der Waals surface area contributed by atoms with Crippen molar-refractivity contribution in [1.29, 1.82) is 0 Å². The molecule has 0 radical (unpaired) electrons. The molecule has 0 saturated carbocycles. The van der Waals surface area contributed by atoms with Crippen molar-refractivity contribution in [3.05, 3.63) is 53.3 Å². The molecule has 4 nitrogen and oxygen atoms in total. The van der Waals surface area contributed by atoms with Crippen molar-refractivity contribution in [3.8, 4) is 0 Å². The minimum absolute atomic E-state index is 0.101. The number of hydrogen-bond acceptors (Lipinski definition) is 3. The van der Waals surface area contributed by atoms with Gasteiger partial charge in [-0.15, -0.1) is 0 Å². The summed E-state index contributed by atoms with van der Waals surface area (Å²) in [5.41, 5.74) is 5.63. The molecule has 0 saturated heterocycles. The molecular formula is C16H17N3O. The van der Waals surface area contributed by atoms with E-state index in [9.17, 15) is 4.79 Å². The van der Waals surface area contributed by atoms with E-state index >= 15 is 0 Å².